The number of benzene rings is 2. The Labute approximate surface area is 224 Å². The van der Waals surface area contributed by atoms with E-state index in [0.29, 0.717) is 18.2 Å². The molecule has 2 aromatic carbocycles. The van der Waals surface area contributed by atoms with E-state index in [4.69, 9.17) is 10.00 Å². The fourth-order valence-electron chi connectivity index (χ4n) is 4.64. The number of hydrogen-bond donors (Lipinski definition) is 2. The van der Waals surface area contributed by atoms with Crippen LogP contribution in [0.2, 0.25) is 0 Å². The number of thiol groups is 1. The van der Waals surface area contributed by atoms with Crippen molar-refractivity contribution in [2.45, 2.75) is 43.9 Å². The predicted molar refractivity (Wildman–Crippen MR) is 138 cm³/mol. The molecule has 4 rings (SSSR count). The molecule has 12 heteroatoms. The van der Waals surface area contributed by atoms with Gasteiger partial charge < -0.3 is 15.0 Å². The minimum absolute atomic E-state index is 0. The Kier molecular flexibility index (Phi) is 8.57. The van der Waals surface area contributed by atoms with Gasteiger partial charge in [0.1, 0.15) is 5.54 Å². The van der Waals surface area contributed by atoms with Crippen molar-refractivity contribution in [1.29, 1.82) is 5.26 Å². The molecule has 1 amide bonds. The van der Waals surface area contributed by atoms with E-state index >= 15 is 0 Å². The second-order valence-electron chi connectivity index (χ2n) is 9.41. The molecular weight excluding hydrogens is 532 g/mol. The molecule has 1 N–H and O–H groups in total. The van der Waals surface area contributed by atoms with E-state index in [1.165, 1.54) is 29.2 Å². The summed E-state index contributed by atoms with van der Waals surface area (Å²) >= 11 is 4.53. The van der Waals surface area contributed by atoms with Gasteiger partial charge in [0.15, 0.2) is 17.1 Å². The largest absolute Gasteiger partial charge is 0.490 e. The fourth-order valence-corrected chi connectivity index (χ4v) is 5.30. The average Bonchev–Trinajstić information content (AvgIpc) is 3.01. The van der Waals surface area contributed by atoms with Gasteiger partial charge in [-0.25, -0.2) is 4.39 Å². The molecule has 2 aromatic rings. The van der Waals surface area contributed by atoms with Crippen molar-refractivity contribution >= 4 is 42.3 Å². The number of halogens is 5. The Hall–Kier alpha value is -2.68. The highest BCUT2D eigenvalue weighted by Crippen LogP contribution is 2.43. The van der Waals surface area contributed by atoms with Crippen LogP contribution in [0.15, 0.2) is 36.4 Å². The molecule has 200 valence electrons. The number of anilines is 2. The fraction of sp³-hybridized carbons (Fsp3) is 0.440. The number of carbonyl (C=O) groups is 1. The van der Waals surface area contributed by atoms with Gasteiger partial charge in [-0.2, -0.15) is 18.4 Å². The number of hydrogen-bond acceptors (Lipinski definition) is 6. The lowest BCUT2D eigenvalue weighted by Gasteiger charge is -2.33. The van der Waals surface area contributed by atoms with E-state index in [-0.39, 0.29) is 23.8 Å². The first kappa shape index (κ1) is 28.9. The molecular formula is C25H27ClF4N4O2S. The molecule has 37 heavy (non-hydrogen) atoms. The first-order valence-electron chi connectivity index (χ1n) is 11.5. The maximum absolute atomic E-state index is 15.0. The van der Waals surface area contributed by atoms with Crippen LogP contribution in [0.4, 0.5) is 28.9 Å². The van der Waals surface area contributed by atoms with Gasteiger partial charge in [-0.05, 0) is 76.0 Å². The third-order valence-corrected chi connectivity index (χ3v) is 7.10. The number of nitriles is 1. The van der Waals surface area contributed by atoms with Gasteiger partial charge in [-0.15, -0.1) is 25.0 Å². The van der Waals surface area contributed by atoms with Gasteiger partial charge in [-0.3, -0.25) is 9.69 Å². The van der Waals surface area contributed by atoms with Crippen molar-refractivity contribution < 1.29 is 27.1 Å². The average molecular weight is 559 g/mol. The first-order valence-corrected chi connectivity index (χ1v) is 12.0. The van der Waals surface area contributed by atoms with Crippen LogP contribution in [0.3, 0.4) is 0 Å². The summed E-state index contributed by atoms with van der Waals surface area (Å²) in [4.78, 5) is 16.0. The lowest BCUT2D eigenvalue weighted by molar-refractivity contribution is -0.137. The number of nitrogens with zero attached hydrogens (tertiary/aromatic N) is 3. The molecule has 2 heterocycles. The quantitative estimate of drug-likeness (QED) is 0.382. The van der Waals surface area contributed by atoms with Crippen LogP contribution in [0, 0.1) is 23.1 Å². The zero-order valence-corrected chi connectivity index (χ0v) is 21.9. The molecule has 2 fully saturated rings. The van der Waals surface area contributed by atoms with Crippen LogP contribution in [0.25, 0.3) is 0 Å². The van der Waals surface area contributed by atoms with Crippen molar-refractivity contribution in [2.24, 2.45) is 5.92 Å². The van der Waals surface area contributed by atoms with Crippen molar-refractivity contribution in [3.05, 3.63) is 53.3 Å². The number of nitrogens with one attached hydrogen (secondary N) is 1. The Bertz CT molecular complexity index is 1200. The Morgan fingerprint density at radius 3 is 2.41 bits per heavy atom. The molecule has 1 atom stereocenters. The normalized spacial score (nSPS) is 19.9. The van der Waals surface area contributed by atoms with Crippen molar-refractivity contribution in [2.75, 3.05) is 29.5 Å². The van der Waals surface area contributed by atoms with Crippen LogP contribution in [0.1, 0.15) is 37.8 Å². The number of amides is 1. The second kappa shape index (κ2) is 11.0. The molecule has 0 radical (unpaired) electrons. The highest BCUT2D eigenvalue weighted by Gasteiger charge is 2.51. The lowest BCUT2D eigenvalue weighted by atomic mass is 9.99. The molecule has 0 aromatic heterocycles. The standard InChI is InChI=1S/C25H26F4N4O2S.ClH/c1-24(2)22(34)32(17-4-3-16(13-30)19(11-17)25(27,28)29)23(36)33(24)18-5-6-21(20(26)12-18)35-14-15-7-9-31-10-8-15;/h3-6,11-12,15,23,31,36H,7-10,14H2,1-2H3;1H. The molecule has 2 aliphatic heterocycles. The number of piperidine rings is 1. The van der Waals surface area contributed by atoms with Gasteiger partial charge in [0.25, 0.3) is 5.91 Å². The highest BCUT2D eigenvalue weighted by molar-refractivity contribution is 7.81. The van der Waals surface area contributed by atoms with Crippen LogP contribution in [-0.2, 0) is 11.0 Å². The van der Waals surface area contributed by atoms with E-state index in [9.17, 15) is 22.4 Å². The highest BCUT2D eigenvalue weighted by atomic mass is 35.5. The number of ether oxygens (including phenoxy) is 1. The van der Waals surface area contributed by atoms with Gasteiger partial charge >= 0.3 is 6.18 Å². The minimum Gasteiger partial charge on any atom is -0.490 e. The summed E-state index contributed by atoms with van der Waals surface area (Å²) in [5, 5.41) is 12.3. The summed E-state index contributed by atoms with van der Waals surface area (Å²) in [5.74, 6) is -0.701. The first-order chi connectivity index (χ1) is 16.9. The van der Waals surface area contributed by atoms with Gasteiger partial charge in [0.05, 0.1) is 23.8 Å². The minimum atomic E-state index is -4.78. The van der Waals surface area contributed by atoms with Crippen LogP contribution < -0.4 is 19.9 Å². The summed E-state index contributed by atoms with van der Waals surface area (Å²) in [6, 6.07) is 8.90. The van der Waals surface area contributed by atoms with E-state index in [1.807, 2.05) is 0 Å². The van der Waals surface area contributed by atoms with Crippen molar-refractivity contribution in [3.63, 3.8) is 0 Å². The zero-order valence-electron chi connectivity index (χ0n) is 20.2. The topological polar surface area (TPSA) is 68.6 Å². The van der Waals surface area contributed by atoms with Gasteiger partial charge in [0.2, 0.25) is 0 Å². The van der Waals surface area contributed by atoms with Gasteiger partial charge in [0, 0.05) is 17.4 Å². The monoisotopic (exact) mass is 558 g/mol. The van der Waals surface area contributed by atoms with E-state index in [1.54, 1.807) is 19.9 Å². The summed E-state index contributed by atoms with van der Waals surface area (Å²) < 4.78 is 61.2. The smallest absolute Gasteiger partial charge is 0.417 e. The SMILES string of the molecule is CC1(C)C(=O)N(c2ccc(C#N)c(C(F)(F)F)c2)C(S)N1c1ccc(OCC2CCNCC2)c(F)c1.Cl. The molecule has 0 spiro atoms. The van der Waals surface area contributed by atoms with Crippen LogP contribution in [-0.4, -0.2) is 36.6 Å². The second-order valence-corrected chi connectivity index (χ2v) is 9.87. The van der Waals surface area contributed by atoms with E-state index < -0.39 is 40.1 Å². The van der Waals surface area contributed by atoms with Crippen molar-refractivity contribution in [1.82, 2.24) is 5.32 Å². The Balaban J connectivity index is 0.00000380. The molecule has 6 nitrogen and oxygen atoms in total. The molecule has 0 bridgehead atoms. The molecule has 2 aliphatic rings. The zero-order chi connectivity index (χ0) is 26.3. The summed E-state index contributed by atoms with van der Waals surface area (Å²) in [7, 11) is 0. The summed E-state index contributed by atoms with van der Waals surface area (Å²) in [6.45, 7) is 5.38. The number of carbonyl (C=O) groups excluding carboxylic acids is 1. The summed E-state index contributed by atoms with van der Waals surface area (Å²) in [5.41, 5.74) is -3.71. The Morgan fingerprint density at radius 2 is 1.81 bits per heavy atom. The molecule has 2 saturated heterocycles. The van der Waals surface area contributed by atoms with Gasteiger partial charge in [-0.1, -0.05) is 0 Å². The number of alkyl halides is 3. The van der Waals surface area contributed by atoms with E-state index in [0.717, 1.165) is 43.0 Å². The molecule has 0 saturated carbocycles. The summed E-state index contributed by atoms with van der Waals surface area (Å²) in [6.07, 6.45) is -2.88. The molecule has 1 unspecified atom stereocenters. The third-order valence-electron chi connectivity index (χ3n) is 6.64. The maximum Gasteiger partial charge on any atom is 0.417 e. The lowest BCUT2D eigenvalue weighted by Crippen LogP contribution is -2.45. The Morgan fingerprint density at radius 1 is 1.16 bits per heavy atom. The van der Waals surface area contributed by atoms with E-state index in [2.05, 4.69) is 17.9 Å². The third kappa shape index (κ3) is 5.61. The molecule has 0 aliphatic carbocycles. The van der Waals surface area contributed by atoms with Crippen LogP contribution >= 0.6 is 25.0 Å². The maximum atomic E-state index is 15.0. The predicted octanol–water partition coefficient (Wildman–Crippen LogP) is 5.36. The van der Waals surface area contributed by atoms with Crippen molar-refractivity contribution in [3.8, 4) is 11.8 Å². The van der Waals surface area contributed by atoms with Crippen LogP contribution in [0.5, 0.6) is 5.75 Å². The number of rotatable bonds is 5.